The summed E-state index contributed by atoms with van der Waals surface area (Å²) in [5, 5.41) is 1.26. The number of fused-ring (bicyclic) bond motifs is 1. The van der Waals surface area contributed by atoms with Crippen LogP contribution < -0.4 is 0 Å². The SMILES string of the molecule is C=N/C(=C(\C=NC)COCCOC)N1CCN(Cc2cc3ccccc3[nH]2)CC1. The largest absolute Gasteiger partial charge is 0.382 e. The zero-order chi connectivity index (χ0) is 20.5. The van der Waals surface area contributed by atoms with E-state index < -0.39 is 0 Å². The predicted molar refractivity (Wildman–Crippen MR) is 119 cm³/mol. The number of hydrogen-bond acceptors (Lipinski definition) is 6. The molecule has 1 aromatic heterocycles. The van der Waals surface area contributed by atoms with Gasteiger partial charge in [0.15, 0.2) is 0 Å². The first-order chi connectivity index (χ1) is 14.2. The van der Waals surface area contributed by atoms with Gasteiger partial charge in [-0.15, -0.1) is 0 Å². The fraction of sp³-hybridized carbons (Fsp3) is 0.455. The maximum absolute atomic E-state index is 5.69. The number of ether oxygens (including phenoxy) is 2. The molecule has 1 saturated heterocycles. The molecule has 1 aliphatic rings. The molecule has 1 aliphatic heterocycles. The number of benzene rings is 1. The van der Waals surface area contributed by atoms with Crippen LogP contribution >= 0.6 is 0 Å². The van der Waals surface area contributed by atoms with Crippen LogP contribution in [0.1, 0.15) is 5.69 Å². The van der Waals surface area contributed by atoms with E-state index in [0.29, 0.717) is 19.8 Å². The van der Waals surface area contributed by atoms with Gasteiger partial charge in [-0.1, -0.05) is 18.2 Å². The molecule has 2 heterocycles. The molecule has 7 nitrogen and oxygen atoms in total. The Morgan fingerprint density at radius 2 is 2.00 bits per heavy atom. The number of hydrogen-bond donors (Lipinski definition) is 1. The molecule has 2 aromatic rings. The standard InChI is InChI=1S/C22H31N5O2/c1-23-15-19(17-29-13-12-28-3)22(24-2)27-10-8-26(9-11-27)16-20-14-18-6-4-5-7-21(18)25-20/h4-7,14-15,25H,2,8-13,16-17H2,1,3H3/b22-19-,23-15?. The smallest absolute Gasteiger partial charge is 0.134 e. The van der Waals surface area contributed by atoms with Crippen LogP contribution in [0, 0.1) is 0 Å². The van der Waals surface area contributed by atoms with Crippen molar-refractivity contribution in [3.8, 4) is 0 Å². The summed E-state index contributed by atoms with van der Waals surface area (Å²) in [6.07, 6.45) is 1.81. The van der Waals surface area contributed by atoms with Crippen molar-refractivity contribution < 1.29 is 9.47 Å². The van der Waals surface area contributed by atoms with Crippen molar-refractivity contribution in [2.45, 2.75) is 6.54 Å². The number of nitrogens with one attached hydrogen (secondary N) is 1. The van der Waals surface area contributed by atoms with E-state index >= 15 is 0 Å². The van der Waals surface area contributed by atoms with Gasteiger partial charge >= 0.3 is 0 Å². The lowest BCUT2D eigenvalue weighted by atomic mass is 10.2. The van der Waals surface area contributed by atoms with Gasteiger partial charge in [0, 0.05) is 69.9 Å². The number of methoxy groups -OCH3 is 1. The molecule has 0 aliphatic carbocycles. The average Bonchev–Trinajstić information content (AvgIpc) is 3.15. The number of aromatic amines is 1. The topological polar surface area (TPSA) is 65.5 Å². The van der Waals surface area contributed by atoms with Crippen LogP contribution in [-0.4, -0.2) is 87.9 Å². The van der Waals surface area contributed by atoms with Gasteiger partial charge in [-0.25, -0.2) is 4.99 Å². The minimum atomic E-state index is 0.449. The lowest BCUT2D eigenvalue weighted by Crippen LogP contribution is -2.45. The van der Waals surface area contributed by atoms with E-state index in [0.717, 1.165) is 44.1 Å². The second kappa shape index (κ2) is 10.9. The van der Waals surface area contributed by atoms with Crippen LogP contribution in [0.25, 0.3) is 10.9 Å². The summed E-state index contributed by atoms with van der Waals surface area (Å²) in [6, 6.07) is 10.6. The highest BCUT2D eigenvalue weighted by atomic mass is 16.5. The highest BCUT2D eigenvalue weighted by Gasteiger charge is 2.21. The number of aromatic nitrogens is 1. The van der Waals surface area contributed by atoms with E-state index in [1.54, 1.807) is 14.2 Å². The van der Waals surface area contributed by atoms with Gasteiger partial charge in [-0.05, 0) is 24.2 Å². The molecular weight excluding hydrogens is 366 g/mol. The Bertz CT molecular complexity index is 817. The maximum atomic E-state index is 5.69. The fourth-order valence-corrected chi connectivity index (χ4v) is 3.62. The van der Waals surface area contributed by atoms with E-state index in [-0.39, 0.29) is 0 Å². The Morgan fingerprint density at radius 1 is 1.21 bits per heavy atom. The third-order valence-corrected chi connectivity index (χ3v) is 5.06. The Hall–Kier alpha value is -2.48. The zero-order valence-corrected chi connectivity index (χ0v) is 17.4. The molecule has 1 fully saturated rings. The predicted octanol–water partition coefficient (Wildman–Crippen LogP) is 2.56. The molecule has 1 aromatic carbocycles. The molecule has 7 heteroatoms. The van der Waals surface area contributed by atoms with Gasteiger partial charge < -0.3 is 19.4 Å². The molecule has 0 bridgehead atoms. The molecule has 0 atom stereocenters. The first kappa shape index (κ1) is 21.2. The normalized spacial score (nSPS) is 16.6. The van der Waals surface area contributed by atoms with E-state index in [1.165, 1.54) is 16.6 Å². The summed E-state index contributed by atoms with van der Waals surface area (Å²) in [6.45, 7) is 10.00. The lowest BCUT2D eigenvalue weighted by molar-refractivity contribution is 0.0823. The molecular formula is C22H31N5O2. The fourth-order valence-electron chi connectivity index (χ4n) is 3.62. The van der Waals surface area contributed by atoms with Gasteiger partial charge in [0.1, 0.15) is 5.82 Å². The van der Waals surface area contributed by atoms with Gasteiger partial charge in [0.25, 0.3) is 0 Å². The van der Waals surface area contributed by atoms with Gasteiger partial charge in [-0.2, -0.15) is 0 Å². The van der Waals surface area contributed by atoms with Crippen LogP contribution in [0.3, 0.4) is 0 Å². The van der Waals surface area contributed by atoms with Gasteiger partial charge in [-0.3, -0.25) is 9.89 Å². The average molecular weight is 398 g/mol. The molecule has 0 radical (unpaired) electrons. The summed E-state index contributed by atoms with van der Waals surface area (Å²) >= 11 is 0. The lowest BCUT2D eigenvalue weighted by Gasteiger charge is -2.36. The summed E-state index contributed by atoms with van der Waals surface area (Å²) < 4.78 is 10.7. The molecule has 1 N–H and O–H groups in total. The Morgan fingerprint density at radius 3 is 2.69 bits per heavy atom. The maximum Gasteiger partial charge on any atom is 0.134 e. The number of piperazine rings is 1. The zero-order valence-electron chi connectivity index (χ0n) is 17.4. The van der Waals surface area contributed by atoms with Crippen LogP contribution in [0.2, 0.25) is 0 Å². The summed E-state index contributed by atoms with van der Waals surface area (Å²) in [7, 11) is 3.42. The van der Waals surface area contributed by atoms with Crippen molar-refractivity contribution in [1.82, 2.24) is 14.8 Å². The van der Waals surface area contributed by atoms with E-state index in [2.05, 4.69) is 61.8 Å². The third-order valence-electron chi connectivity index (χ3n) is 5.06. The van der Waals surface area contributed by atoms with E-state index in [1.807, 2.05) is 6.21 Å². The number of nitrogens with zero attached hydrogens (tertiary/aromatic N) is 4. The molecule has 3 rings (SSSR count). The first-order valence-electron chi connectivity index (χ1n) is 9.97. The van der Waals surface area contributed by atoms with Crippen LogP contribution in [0.15, 0.2) is 51.7 Å². The van der Waals surface area contributed by atoms with Crippen molar-refractivity contribution in [1.29, 1.82) is 0 Å². The monoisotopic (exact) mass is 397 g/mol. The molecule has 0 saturated carbocycles. The minimum Gasteiger partial charge on any atom is -0.382 e. The van der Waals surface area contributed by atoms with Gasteiger partial charge in [0.05, 0.1) is 19.8 Å². The molecule has 0 amide bonds. The molecule has 29 heavy (non-hydrogen) atoms. The van der Waals surface area contributed by atoms with Gasteiger partial charge in [0.2, 0.25) is 0 Å². The summed E-state index contributed by atoms with van der Waals surface area (Å²) in [4.78, 5) is 16.7. The molecule has 0 spiro atoms. The molecule has 156 valence electrons. The number of rotatable bonds is 10. The van der Waals surface area contributed by atoms with Crippen molar-refractivity contribution in [3.05, 3.63) is 47.4 Å². The van der Waals surface area contributed by atoms with Crippen molar-refractivity contribution in [2.24, 2.45) is 9.98 Å². The number of H-pyrrole nitrogens is 1. The van der Waals surface area contributed by atoms with Crippen LogP contribution in [0.5, 0.6) is 0 Å². The van der Waals surface area contributed by atoms with Crippen molar-refractivity contribution >= 4 is 23.8 Å². The highest BCUT2D eigenvalue weighted by Crippen LogP contribution is 2.19. The number of aliphatic imine (C=N–C) groups is 2. The second-order valence-electron chi connectivity index (χ2n) is 7.08. The third kappa shape index (κ3) is 5.76. The Labute approximate surface area is 172 Å². The van der Waals surface area contributed by atoms with E-state index in [4.69, 9.17) is 9.47 Å². The Kier molecular flexibility index (Phi) is 7.98. The highest BCUT2D eigenvalue weighted by molar-refractivity contribution is 5.80. The quantitative estimate of drug-likeness (QED) is 0.494. The van der Waals surface area contributed by atoms with Crippen LogP contribution in [-0.2, 0) is 16.0 Å². The number of para-hydroxylation sites is 1. The first-order valence-corrected chi connectivity index (χ1v) is 9.97. The van der Waals surface area contributed by atoms with Crippen molar-refractivity contribution in [3.63, 3.8) is 0 Å². The Balaban J connectivity index is 1.59. The second-order valence-corrected chi connectivity index (χ2v) is 7.08. The summed E-state index contributed by atoms with van der Waals surface area (Å²) in [5.41, 5.74) is 3.39. The van der Waals surface area contributed by atoms with E-state index in [9.17, 15) is 0 Å². The van der Waals surface area contributed by atoms with Crippen molar-refractivity contribution in [2.75, 3.05) is 60.2 Å². The molecule has 0 unspecified atom stereocenters. The van der Waals surface area contributed by atoms with Crippen LogP contribution in [0.4, 0.5) is 0 Å². The summed E-state index contributed by atoms with van der Waals surface area (Å²) in [5.74, 6) is 0.860. The minimum absolute atomic E-state index is 0.449.